The number of hydrogen-bond donors (Lipinski definition) is 1. The number of ketones is 1. The van der Waals surface area contributed by atoms with Crippen LogP contribution in [-0.4, -0.2) is 12.9 Å². The fourth-order valence-corrected chi connectivity index (χ4v) is 3.88. The van der Waals surface area contributed by atoms with Crippen LogP contribution in [0.15, 0.2) is 48.5 Å². The lowest BCUT2D eigenvalue weighted by Gasteiger charge is -2.31. The first-order valence-electron chi connectivity index (χ1n) is 8.37. The van der Waals surface area contributed by atoms with E-state index >= 15 is 0 Å². The Balaban J connectivity index is 1.93. The number of ether oxygens (including phenoxy) is 1. The maximum Gasteiger partial charge on any atom is 0.138 e. The predicted octanol–water partition coefficient (Wildman–Crippen LogP) is 5.21. The van der Waals surface area contributed by atoms with Crippen LogP contribution in [0.5, 0.6) is 5.75 Å². The molecule has 3 rings (SSSR count). The smallest absolute Gasteiger partial charge is 0.138 e. The lowest BCUT2D eigenvalue weighted by molar-refractivity contribution is -0.125. The minimum atomic E-state index is -0.000350. The van der Waals surface area contributed by atoms with Crippen molar-refractivity contribution >= 4 is 34.1 Å². The van der Waals surface area contributed by atoms with Gasteiger partial charge in [0.15, 0.2) is 0 Å². The maximum atomic E-state index is 12.5. The van der Waals surface area contributed by atoms with Crippen molar-refractivity contribution in [2.45, 2.75) is 31.7 Å². The van der Waals surface area contributed by atoms with Gasteiger partial charge in [-0.2, -0.15) is 0 Å². The molecule has 24 heavy (non-hydrogen) atoms. The molecular formula is C20H22INO2. The van der Waals surface area contributed by atoms with Gasteiger partial charge in [0.25, 0.3) is 0 Å². The van der Waals surface area contributed by atoms with Crippen molar-refractivity contribution in [1.82, 2.24) is 0 Å². The van der Waals surface area contributed by atoms with Crippen molar-refractivity contribution in [3.8, 4) is 5.75 Å². The van der Waals surface area contributed by atoms with Crippen molar-refractivity contribution in [1.29, 1.82) is 0 Å². The largest absolute Gasteiger partial charge is 0.497 e. The Kier molecular flexibility index (Phi) is 5.76. The SMILES string of the molecule is COc1ccc(C(Nc2ccccc2I)C2CCCCC2=O)cc1. The van der Waals surface area contributed by atoms with E-state index in [0.717, 1.165) is 39.8 Å². The Morgan fingerprint density at radius 1 is 1.12 bits per heavy atom. The van der Waals surface area contributed by atoms with E-state index in [1.165, 1.54) is 0 Å². The molecule has 2 aromatic carbocycles. The zero-order chi connectivity index (χ0) is 16.9. The van der Waals surface area contributed by atoms with Crippen LogP contribution in [0, 0.1) is 9.49 Å². The molecule has 0 spiro atoms. The maximum absolute atomic E-state index is 12.5. The Labute approximate surface area is 156 Å². The third-order valence-corrected chi connectivity index (χ3v) is 5.60. The quantitative estimate of drug-likeness (QED) is 0.656. The first-order chi connectivity index (χ1) is 11.7. The number of benzene rings is 2. The minimum Gasteiger partial charge on any atom is -0.497 e. The first-order valence-corrected chi connectivity index (χ1v) is 9.44. The molecule has 126 valence electrons. The number of rotatable bonds is 5. The molecule has 0 aromatic heterocycles. The predicted molar refractivity (Wildman–Crippen MR) is 105 cm³/mol. The second-order valence-corrected chi connectivity index (χ2v) is 7.36. The third kappa shape index (κ3) is 3.91. The summed E-state index contributed by atoms with van der Waals surface area (Å²) in [6.45, 7) is 0. The van der Waals surface area contributed by atoms with Gasteiger partial charge < -0.3 is 10.1 Å². The highest BCUT2D eigenvalue weighted by Gasteiger charge is 2.31. The number of carbonyl (C=O) groups is 1. The van der Waals surface area contributed by atoms with E-state index in [2.05, 4.69) is 52.2 Å². The molecule has 1 aliphatic rings. The zero-order valence-corrected chi connectivity index (χ0v) is 16.0. The van der Waals surface area contributed by atoms with E-state index in [0.29, 0.717) is 12.2 Å². The monoisotopic (exact) mass is 435 g/mol. The second kappa shape index (κ2) is 8.01. The lowest BCUT2D eigenvalue weighted by atomic mass is 9.80. The molecule has 3 nitrogen and oxygen atoms in total. The van der Waals surface area contributed by atoms with Gasteiger partial charge in [0, 0.05) is 21.6 Å². The van der Waals surface area contributed by atoms with Gasteiger partial charge >= 0.3 is 0 Å². The Bertz CT molecular complexity index is 699. The van der Waals surface area contributed by atoms with Crippen molar-refractivity contribution in [2.75, 3.05) is 12.4 Å². The number of para-hydroxylation sites is 1. The Morgan fingerprint density at radius 2 is 1.88 bits per heavy atom. The fraction of sp³-hybridized carbons (Fsp3) is 0.350. The summed E-state index contributed by atoms with van der Waals surface area (Å²) >= 11 is 2.33. The molecule has 1 N–H and O–H groups in total. The highest BCUT2D eigenvalue weighted by atomic mass is 127. The normalized spacial score (nSPS) is 18.9. The third-order valence-electron chi connectivity index (χ3n) is 4.66. The molecule has 4 heteroatoms. The number of halogens is 1. The molecule has 1 saturated carbocycles. The molecule has 1 fully saturated rings. The summed E-state index contributed by atoms with van der Waals surface area (Å²) in [5, 5.41) is 3.63. The number of methoxy groups -OCH3 is 1. The van der Waals surface area contributed by atoms with Crippen LogP contribution >= 0.6 is 22.6 Å². The van der Waals surface area contributed by atoms with Crippen molar-refractivity contribution in [3.05, 3.63) is 57.7 Å². The standard InChI is InChI=1S/C20H22INO2/c1-24-15-12-10-14(11-13-15)20(16-6-2-5-9-19(16)23)22-18-8-4-3-7-17(18)21/h3-4,7-8,10-13,16,20,22H,2,5-6,9H2,1H3. The molecule has 0 saturated heterocycles. The van der Waals surface area contributed by atoms with Crippen LogP contribution in [0.3, 0.4) is 0 Å². The number of anilines is 1. The van der Waals surface area contributed by atoms with Crippen LogP contribution in [-0.2, 0) is 4.79 Å². The van der Waals surface area contributed by atoms with E-state index in [4.69, 9.17) is 4.74 Å². The highest BCUT2D eigenvalue weighted by molar-refractivity contribution is 14.1. The van der Waals surface area contributed by atoms with E-state index in [1.54, 1.807) is 7.11 Å². The molecule has 2 aromatic rings. The topological polar surface area (TPSA) is 38.3 Å². The summed E-state index contributed by atoms with van der Waals surface area (Å²) in [5.41, 5.74) is 2.22. The van der Waals surface area contributed by atoms with Gasteiger partial charge in [-0.1, -0.05) is 30.7 Å². The number of carbonyl (C=O) groups excluding carboxylic acids is 1. The average Bonchev–Trinajstić information content (AvgIpc) is 2.62. The Hall–Kier alpha value is -1.56. The second-order valence-electron chi connectivity index (χ2n) is 6.19. The van der Waals surface area contributed by atoms with Gasteiger partial charge in [0.2, 0.25) is 0 Å². The summed E-state index contributed by atoms with van der Waals surface area (Å²) < 4.78 is 6.43. The lowest BCUT2D eigenvalue weighted by Crippen LogP contribution is -2.30. The minimum absolute atomic E-state index is 0.000350. The van der Waals surface area contributed by atoms with Gasteiger partial charge in [-0.3, -0.25) is 4.79 Å². The fourth-order valence-electron chi connectivity index (χ4n) is 3.34. The summed E-state index contributed by atoms with van der Waals surface area (Å²) in [5.74, 6) is 1.24. The van der Waals surface area contributed by atoms with Crippen LogP contribution in [0.25, 0.3) is 0 Å². The van der Waals surface area contributed by atoms with Gasteiger partial charge in [-0.25, -0.2) is 0 Å². The van der Waals surface area contributed by atoms with E-state index in [1.807, 2.05) is 24.3 Å². The molecule has 0 bridgehead atoms. The van der Waals surface area contributed by atoms with Crippen LogP contribution < -0.4 is 10.1 Å². The van der Waals surface area contributed by atoms with Crippen LogP contribution in [0.4, 0.5) is 5.69 Å². The van der Waals surface area contributed by atoms with Crippen LogP contribution in [0.1, 0.15) is 37.3 Å². The van der Waals surface area contributed by atoms with E-state index in [-0.39, 0.29) is 12.0 Å². The molecule has 0 radical (unpaired) electrons. The Morgan fingerprint density at radius 3 is 2.54 bits per heavy atom. The molecule has 0 heterocycles. The van der Waals surface area contributed by atoms with Crippen molar-refractivity contribution in [3.63, 3.8) is 0 Å². The van der Waals surface area contributed by atoms with Gasteiger partial charge in [0.1, 0.15) is 11.5 Å². The van der Waals surface area contributed by atoms with Crippen LogP contribution in [0.2, 0.25) is 0 Å². The molecule has 2 atom stereocenters. The molecule has 1 aliphatic carbocycles. The van der Waals surface area contributed by atoms with Crippen molar-refractivity contribution < 1.29 is 9.53 Å². The average molecular weight is 435 g/mol. The summed E-state index contributed by atoms with van der Waals surface area (Å²) in [4.78, 5) is 12.5. The number of hydrogen-bond acceptors (Lipinski definition) is 3. The molecule has 0 aliphatic heterocycles. The van der Waals surface area contributed by atoms with Gasteiger partial charge in [0.05, 0.1) is 13.2 Å². The number of nitrogens with one attached hydrogen (secondary N) is 1. The number of Topliss-reactive ketones (excluding diaryl/α,β-unsaturated/α-hetero) is 1. The highest BCUT2D eigenvalue weighted by Crippen LogP contribution is 2.36. The van der Waals surface area contributed by atoms with Crippen molar-refractivity contribution in [2.24, 2.45) is 5.92 Å². The zero-order valence-electron chi connectivity index (χ0n) is 13.8. The molecular weight excluding hydrogens is 413 g/mol. The first kappa shape index (κ1) is 17.3. The summed E-state index contributed by atoms with van der Waals surface area (Å²) in [6, 6.07) is 16.3. The van der Waals surface area contributed by atoms with E-state index in [9.17, 15) is 4.79 Å². The van der Waals surface area contributed by atoms with Gasteiger partial charge in [-0.15, -0.1) is 0 Å². The summed E-state index contributed by atoms with van der Waals surface area (Å²) in [7, 11) is 1.67. The summed E-state index contributed by atoms with van der Waals surface area (Å²) in [6.07, 6.45) is 3.79. The van der Waals surface area contributed by atoms with Gasteiger partial charge in [-0.05, 0) is 65.3 Å². The molecule has 0 amide bonds. The molecule has 2 unspecified atom stereocenters. The van der Waals surface area contributed by atoms with E-state index < -0.39 is 0 Å².